The van der Waals surface area contributed by atoms with Gasteiger partial charge in [-0.3, -0.25) is 0 Å². The maximum absolute atomic E-state index is 13.6. The van der Waals surface area contributed by atoms with Gasteiger partial charge in [0.25, 0.3) is 0 Å². The molecule has 94 valence electrons. The second-order valence-electron chi connectivity index (χ2n) is 3.44. The molecule has 0 aliphatic carbocycles. The summed E-state index contributed by atoms with van der Waals surface area (Å²) in [7, 11) is 0. The summed E-state index contributed by atoms with van der Waals surface area (Å²) < 4.78 is 53.1. The van der Waals surface area contributed by atoms with Crippen LogP contribution in [0.4, 0.5) is 17.6 Å². The lowest BCUT2D eigenvalue weighted by molar-refractivity contribution is 0.437. The average molecular weight is 295 g/mol. The Kier molecular flexibility index (Phi) is 3.50. The molecule has 2 aromatic rings. The zero-order valence-corrected chi connectivity index (χ0v) is 10.1. The Bertz CT molecular complexity index is 606. The maximum Gasteiger partial charge on any atom is 0.195 e. The van der Waals surface area contributed by atoms with Crippen molar-refractivity contribution in [3.05, 3.63) is 57.6 Å². The molecular formula is C12H4Cl2F4. The molecule has 0 bridgehead atoms. The predicted octanol–water partition coefficient (Wildman–Crippen LogP) is 5.22. The lowest BCUT2D eigenvalue weighted by Crippen LogP contribution is -1.99. The van der Waals surface area contributed by atoms with Crippen molar-refractivity contribution < 1.29 is 17.6 Å². The van der Waals surface area contributed by atoms with Gasteiger partial charge in [0.05, 0.1) is 15.6 Å². The minimum atomic E-state index is -1.78. The highest BCUT2D eigenvalue weighted by Gasteiger charge is 2.23. The third-order valence-corrected chi connectivity index (χ3v) is 2.96. The molecule has 0 fully saturated rings. The first-order valence-electron chi connectivity index (χ1n) is 4.71. The van der Waals surface area contributed by atoms with Gasteiger partial charge in [-0.05, 0) is 12.1 Å². The molecule has 0 spiro atoms. The Morgan fingerprint density at radius 1 is 0.722 bits per heavy atom. The van der Waals surface area contributed by atoms with Gasteiger partial charge in [-0.15, -0.1) is 0 Å². The van der Waals surface area contributed by atoms with Crippen molar-refractivity contribution in [1.82, 2.24) is 0 Å². The minimum absolute atomic E-state index is 0.0636. The van der Waals surface area contributed by atoms with Crippen molar-refractivity contribution in [2.75, 3.05) is 0 Å². The topological polar surface area (TPSA) is 0 Å². The summed E-state index contributed by atoms with van der Waals surface area (Å²) in [6, 6.07) is 4.38. The molecule has 6 heteroatoms. The van der Waals surface area contributed by atoms with Gasteiger partial charge in [0.15, 0.2) is 17.5 Å². The normalized spacial score (nSPS) is 10.8. The van der Waals surface area contributed by atoms with E-state index in [9.17, 15) is 17.6 Å². The molecule has 0 aliphatic heterocycles. The highest BCUT2D eigenvalue weighted by molar-refractivity contribution is 6.39. The van der Waals surface area contributed by atoms with E-state index in [4.69, 9.17) is 23.2 Å². The molecule has 0 nitrogen and oxygen atoms in total. The molecule has 0 N–H and O–H groups in total. The Morgan fingerprint density at radius 3 is 1.83 bits per heavy atom. The fraction of sp³-hybridized carbons (Fsp3) is 0. The summed E-state index contributed by atoms with van der Waals surface area (Å²) in [5.41, 5.74) is -1.00. The van der Waals surface area contributed by atoms with Crippen LogP contribution in [0.15, 0.2) is 24.3 Å². The number of rotatable bonds is 1. The molecule has 0 unspecified atom stereocenters. The van der Waals surface area contributed by atoms with E-state index in [2.05, 4.69) is 0 Å². The molecule has 0 aliphatic rings. The number of benzene rings is 2. The number of hydrogen-bond acceptors (Lipinski definition) is 0. The van der Waals surface area contributed by atoms with Gasteiger partial charge in [0.1, 0.15) is 5.82 Å². The zero-order valence-electron chi connectivity index (χ0n) is 8.58. The summed E-state index contributed by atoms with van der Waals surface area (Å²) in [6.07, 6.45) is 0. The lowest BCUT2D eigenvalue weighted by Gasteiger charge is -2.10. The summed E-state index contributed by atoms with van der Waals surface area (Å²) >= 11 is 11.5. The van der Waals surface area contributed by atoms with Crippen LogP contribution in [0.3, 0.4) is 0 Å². The van der Waals surface area contributed by atoms with Crippen LogP contribution in [0.2, 0.25) is 10.0 Å². The predicted molar refractivity (Wildman–Crippen MR) is 61.7 cm³/mol. The molecule has 18 heavy (non-hydrogen) atoms. The van der Waals surface area contributed by atoms with Crippen LogP contribution < -0.4 is 0 Å². The van der Waals surface area contributed by atoms with Crippen LogP contribution in [-0.2, 0) is 0 Å². The standard InChI is InChI=1S/C12H4Cl2F4/c13-5-2-1-3-6(14)9(5)10-7(15)4-8(16)11(17)12(10)18/h1-4H. The fourth-order valence-electron chi connectivity index (χ4n) is 1.53. The van der Waals surface area contributed by atoms with Gasteiger partial charge in [-0.1, -0.05) is 29.3 Å². The molecule has 0 aromatic heterocycles. The van der Waals surface area contributed by atoms with Crippen molar-refractivity contribution in [1.29, 1.82) is 0 Å². The number of halogens is 6. The van der Waals surface area contributed by atoms with Crippen molar-refractivity contribution >= 4 is 23.2 Å². The van der Waals surface area contributed by atoms with Crippen LogP contribution in [-0.4, -0.2) is 0 Å². The molecule has 0 atom stereocenters. The Balaban J connectivity index is 2.84. The molecule has 0 amide bonds. The van der Waals surface area contributed by atoms with Crippen LogP contribution in [0.5, 0.6) is 0 Å². The molecular weight excluding hydrogens is 291 g/mol. The molecule has 2 rings (SSSR count). The average Bonchev–Trinajstić information content (AvgIpc) is 2.30. The highest BCUT2D eigenvalue weighted by Crippen LogP contribution is 2.38. The lowest BCUT2D eigenvalue weighted by atomic mass is 10.0. The van der Waals surface area contributed by atoms with Gasteiger partial charge in [-0.2, -0.15) is 0 Å². The van der Waals surface area contributed by atoms with Gasteiger partial charge in [0.2, 0.25) is 0 Å². The van der Waals surface area contributed by atoms with E-state index in [0.29, 0.717) is 0 Å². The van der Waals surface area contributed by atoms with E-state index >= 15 is 0 Å². The highest BCUT2D eigenvalue weighted by atomic mass is 35.5. The minimum Gasteiger partial charge on any atom is -0.206 e. The third kappa shape index (κ3) is 2.06. The molecule has 0 heterocycles. The van der Waals surface area contributed by atoms with Crippen LogP contribution in [0.25, 0.3) is 11.1 Å². The van der Waals surface area contributed by atoms with Crippen LogP contribution in [0.1, 0.15) is 0 Å². The monoisotopic (exact) mass is 294 g/mol. The van der Waals surface area contributed by atoms with Crippen molar-refractivity contribution in [3.63, 3.8) is 0 Å². The maximum atomic E-state index is 13.6. The summed E-state index contributed by atoms with van der Waals surface area (Å²) in [5, 5.41) is -0.127. The zero-order chi connectivity index (χ0) is 13.4. The van der Waals surface area contributed by atoms with Gasteiger partial charge < -0.3 is 0 Å². The Morgan fingerprint density at radius 2 is 1.28 bits per heavy atom. The van der Waals surface area contributed by atoms with Crippen molar-refractivity contribution in [3.8, 4) is 11.1 Å². The van der Waals surface area contributed by atoms with E-state index in [1.54, 1.807) is 0 Å². The van der Waals surface area contributed by atoms with Gasteiger partial charge in [0, 0.05) is 11.6 Å². The summed E-state index contributed by atoms with van der Waals surface area (Å²) in [5.74, 6) is -6.33. The summed E-state index contributed by atoms with van der Waals surface area (Å²) in [4.78, 5) is 0. The van der Waals surface area contributed by atoms with Crippen LogP contribution in [0, 0.1) is 23.3 Å². The molecule has 2 aromatic carbocycles. The Labute approximate surface area is 110 Å². The van der Waals surface area contributed by atoms with E-state index in [1.807, 2.05) is 0 Å². The van der Waals surface area contributed by atoms with Gasteiger partial charge in [-0.25, -0.2) is 17.6 Å². The third-order valence-electron chi connectivity index (χ3n) is 2.33. The summed E-state index contributed by atoms with van der Waals surface area (Å²) in [6.45, 7) is 0. The van der Waals surface area contributed by atoms with Gasteiger partial charge >= 0.3 is 0 Å². The first kappa shape index (κ1) is 13.2. The smallest absolute Gasteiger partial charge is 0.195 e. The molecule has 0 radical (unpaired) electrons. The van der Waals surface area contributed by atoms with E-state index < -0.39 is 28.8 Å². The van der Waals surface area contributed by atoms with E-state index in [0.717, 1.165) is 0 Å². The SMILES string of the molecule is Fc1cc(F)c(-c2c(Cl)cccc2Cl)c(F)c1F. The van der Waals surface area contributed by atoms with Crippen molar-refractivity contribution in [2.24, 2.45) is 0 Å². The second kappa shape index (κ2) is 4.78. The first-order valence-corrected chi connectivity index (χ1v) is 5.46. The Hall–Kier alpha value is -1.26. The largest absolute Gasteiger partial charge is 0.206 e. The molecule has 0 saturated heterocycles. The second-order valence-corrected chi connectivity index (χ2v) is 4.25. The fourth-order valence-corrected chi connectivity index (χ4v) is 2.12. The van der Waals surface area contributed by atoms with E-state index in [-0.39, 0.29) is 21.7 Å². The van der Waals surface area contributed by atoms with E-state index in [1.165, 1.54) is 18.2 Å². The number of hydrogen-bond donors (Lipinski definition) is 0. The van der Waals surface area contributed by atoms with Crippen LogP contribution >= 0.6 is 23.2 Å². The first-order chi connectivity index (χ1) is 8.43. The van der Waals surface area contributed by atoms with Crippen molar-refractivity contribution in [2.45, 2.75) is 0 Å². The quantitative estimate of drug-likeness (QED) is 0.384. The molecule has 0 saturated carbocycles.